The van der Waals surface area contributed by atoms with Gasteiger partial charge in [-0.3, -0.25) is 24.6 Å². The first-order chi connectivity index (χ1) is 16.5. The van der Waals surface area contributed by atoms with Crippen molar-refractivity contribution in [1.82, 2.24) is 0 Å². The number of aliphatic hydroxyl groups is 1. The number of carbonyl (C=O) groups is 2. The molecule has 10 nitrogen and oxygen atoms in total. The molecule has 0 saturated carbocycles. The molecular weight excluding hydrogens is 498 g/mol. The van der Waals surface area contributed by atoms with Crippen LogP contribution in [0, 0.1) is 10.1 Å². The largest absolute Gasteiger partial charge is 0.507 e. The van der Waals surface area contributed by atoms with Crippen LogP contribution in [0.3, 0.4) is 0 Å². The van der Waals surface area contributed by atoms with Gasteiger partial charge in [-0.25, -0.2) is 13.6 Å². The maximum Gasteiger partial charge on any atom is 0.300 e. The number of hydrogen-bond acceptors (Lipinski definition) is 7. The number of ketones is 1. The number of carbonyl (C=O) groups excluding carboxylic acids is 2. The van der Waals surface area contributed by atoms with Crippen LogP contribution in [0.1, 0.15) is 17.2 Å². The van der Waals surface area contributed by atoms with Gasteiger partial charge in [-0.2, -0.15) is 0 Å². The summed E-state index contributed by atoms with van der Waals surface area (Å²) < 4.78 is 23.2. The summed E-state index contributed by atoms with van der Waals surface area (Å²) in [5.41, 5.74) is 0.250. The highest BCUT2D eigenvalue weighted by Crippen LogP contribution is 2.42. The quantitative estimate of drug-likeness (QED) is 0.173. The molecule has 1 unspecified atom stereocenters. The molecule has 12 heteroatoms. The van der Waals surface area contributed by atoms with Gasteiger partial charge in [0.1, 0.15) is 5.76 Å². The van der Waals surface area contributed by atoms with Gasteiger partial charge in [0.05, 0.1) is 21.4 Å². The Labute approximate surface area is 204 Å². The Balaban J connectivity index is 1.90. The Morgan fingerprint density at radius 1 is 0.971 bits per heavy atom. The lowest BCUT2D eigenvalue weighted by atomic mass is 9.95. The van der Waals surface area contributed by atoms with E-state index in [-0.39, 0.29) is 27.4 Å². The molecule has 1 saturated heterocycles. The fourth-order valence-corrected chi connectivity index (χ4v) is 4.39. The van der Waals surface area contributed by atoms with Gasteiger partial charge in [0.25, 0.3) is 17.4 Å². The number of sulfonamides is 1. The molecule has 0 spiro atoms. The molecule has 35 heavy (non-hydrogen) atoms. The number of aliphatic hydroxyl groups excluding tert-OH is 1. The number of primary sulfonamides is 1. The maximum atomic E-state index is 13.1. The van der Waals surface area contributed by atoms with Crippen LogP contribution in [0.25, 0.3) is 5.76 Å². The summed E-state index contributed by atoms with van der Waals surface area (Å²) in [7, 11) is -3.99. The number of nitro benzene ring substituents is 1. The second-order valence-electron chi connectivity index (χ2n) is 7.56. The average molecular weight is 514 g/mol. The fourth-order valence-electron chi connectivity index (χ4n) is 3.75. The van der Waals surface area contributed by atoms with Crippen LogP contribution in [-0.2, 0) is 19.6 Å². The molecule has 4 rings (SSSR count). The van der Waals surface area contributed by atoms with Crippen LogP contribution in [-0.4, -0.2) is 30.1 Å². The first-order valence-electron chi connectivity index (χ1n) is 9.93. The molecule has 1 fully saturated rings. The zero-order valence-electron chi connectivity index (χ0n) is 17.7. The summed E-state index contributed by atoms with van der Waals surface area (Å²) in [6.07, 6.45) is 0. The van der Waals surface area contributed by atoms with Crippen molar-refractivity contribution in [2.75, 3.05) is 4.90 Å². The summed E-state index contributed by atoms with van der Waals surface area (Å²) in [6, 6.07) is 15.0. The van der Waals surface area contributed by atoms with Crippen molar-refractivity contribution in [1.29, 1.82) is 0 Å². The molecule has 3 N–H and O–H groups in total. The number of rotatable bonds is 5. The van der Waals surface area contributed by atoms with E-state index in [4.69, 9.17) is 16.7 Å². The number of Topliss-reactive ketones (excluding diaryl/α,β-unsaturated/α-hetero) is 1. The van der Waals surface area contributed by atoms with Crippen molar-refractivity contribution < 1.29 is 28.0 Å². The van der Waals surface area contributed by atoms with Crippen LogP contribution in [0.15, 0.2) is 83.3 Å². The molecule has 3 aromatic rings. The number of amides is 1. The van der Waals surface area contributed by atoms with Crippen LogP contribution >= 0.6 is 11.6 Å². The number of halogens is 1. The van der Waals surface area contributed by atoms with E-state index in [1.54, 1.807) is 24.3 Å². The van der Waals surface area contributed by atoms with E-state index in [0.717, 1.165) is 17.0 Å². The molecule has 1 heterocycles. The second kappa shape index (κ2) is 8.95. The summed E-state index contributed by atoms with van der Waals surface area (Å²) >= 11 is 5.99. The van der Waals surface area contributed by atoms with Crippen molar-refractivity contribution in [2.24, 2.45) is 5.14 Å². The summed E-state index contributed by atoms with van der Waals surface area (Å²) in [4.78, 5) is 37.5. The number of anilines is 1. The Morgan fingerprint density at radius 3 is 2.06 bits per heavy atom. The van der Waals surface area contributed by atoms with Gasteiger partial charge < -0.3 is 5.11 Å². The van der Waals surface area contributed by atoms with Gasteiger partial charge >= 0.3 is 0 Å². The average Bonchev–Trinajstić information content (AvgIpc) is 3.09. The Kier molecular flexibility index (Phi) is 6.15. The second-order valence-corrected chi connectivity index (χ2v) is 9.56. The molecule has 178 valence electrons. The predicted molar refractivity (Wildman–Crippen MR) is 127 cm³/mol. The SMILES string of the molecule is NS(=O)(=O)c1ccc(N2C(=O)C(=O)/C(=C(/O)c3ccc([N+](=O)[O-])cc3)C2c2ccc(Cl)cc2)cc1. The van der Waals surface area contributed by atoms with E-state index in [1.807, 2.05) is 0 Å². The third kappa shape index (κ3) is 4.52. The third-order valence-electron chi connectivity index (χ3n) is 5.43. The molecule has 1 atom stereocenters. The van der Waals surface area contributed by atoms with Crippen LogP contribution in [0.4, 0.5) is 11.4 Å². The Hall–Kier alpha value is -4.06. The topological polar surface area (TPSA) is 161 Å². The highest BCUT2D eigenvalue weighted by atomic mass is 35.5. The van der Waals surface area contributed by atoms with Crippen molar-refractivity contribution in [2.45, 2.75) is 10.9 Å². The molecule has 3 aromatic carbocycles. The highest BCUT2D eigenvalue weighted by Gasteiger charge is 2.47. The van der Waals surface area contributed by atoms with E-state index in [9.17, 15) is 33.2 Å². The van der Waals surface area contributed by atoms with E-state index >= 15 is 0 Å². The lowest BCUT2D eigenvalue weighted by Gasteiger charge is -2.25. The lowest BCUT2D eigenvalue weighted by Crippen LogP contribution is -2.29. The molecule has 1 amide bonds. The number of benzene rings is 3. The van der Waals surface area contributed by atoms with E-state index in [1.165, 1.54) is 36.4 Å². The van der Waals surface area contributed by atoms with Crippen molar-refractivity contribution in [3.8, 4) is 0 Å². The summed E-state index contributed by atoms with van der Waals surface area (Å²) in [5.74, 6) is -2.48. The molecule has 0 aromatic heterocycles. The normalized spacial score (nSPS) is 17.5. The Bertz CT molecular complexity index is 1480. The van der Waals surface area contributed by atoms with Gasteiger partial charge in [0.15, 0.2) is 0 Å². The van der Waals surface area contributed by atoms with Crippen molar-refractivity contribution >= 4 is 50.4 Å². The maximum absolute atomic E-state index is 13.1. The molecule has 0 radical (unpaired) electrons. The lowest BCUT2D eigenvalue weighted by molar-refractivity contribution is -0.384. The standard InChI is InChI=1S/C23H16ClN3O7S/c24-15-5-1-13(2-6-15)20-19(21(28)14-3-7-17(8-4-14)27(31)32)22(29)23(30)26(20)16-9-11-18(12-10-16)35(25,33)34/h1-12,20,28H,(H2,25,33,34)/b21-19+. The van der Waals surface area contributed by atoms with Gasteiger partial charge in [-0.15, -0.1) is 0 Å². The van der Waals surface area contributed by atoms with E-state index in [2.05, 4.69) is 0 Å². The zero-order valence-corrected chi connectivity index (χ0v) is 19.2. The fraction of sp³-hybridized carbons (Fsp3) is 0.0435. The number of nitrogens with two attached hydrogens (primary N) is 1. The molecule has 0 aliphatic carbocycles. The van der Waals surface area contributed by atoms with Gasteiger partial charge in [-0.1, -0.05) is 23.7 Å². The first-order valence-corrected chi connectivity index (χ1v) is 11.9. The van der Waals surface area contributed by atoms with Gasteiger partial charge in [0.2, 0.25) is 10.0 Å². The molecule has 0 bridgehead atoms. The molecule has 1 aliphatic heterocycles. The summed E-state index contributed by atoms with van der Waals surface area (Å²) in [5, 5.41) is 27.5. The van der Waals surface area contributed by atoms with Crippen LogP contribution < -0.4 is 10.0 Å². The number of nitrogens with zero attached hydrogens (tertiary/aromatic N) is 2. The Morgan fingerprint density at radius 2 is 1.54 bits per heavy atom. The molecular formula is C23H16ClN3O7S. The third-order valence-corrected chi connectivity index (χ3v) is 6.61. The number of non-ortho nitro benzene ring substituents is 1. The van der Waals surface area contributed by atoms with Crippen LogP contribution in [0.2, 0.25) is 5.02 Å². The van der Waals surface area contributed by atoms with E-state index in [0.29, 0.717) is 10.6 Å². The van der Waals surface area contributed by atoms with Crippen molar-refractivity contribution in [3.05, 3.63) is 105 Å². The monoisotopic (exact) mass is 513 g/mol. The van der Waals surface area contributed by atoms with Crippen molar-refractivity contribution in [3.63, 3.8) is 0 Å². The number of hydrogen-bond donors (Lipinski definition) is 2. The van der Waals surface area contributed by atoms with Gasteiger partial charge in [-0.05, 0) is 54.1 Å². The minimum Gasteiger partial charge on any atom is -0.507 e. The zero-order chi connectivity index (χ0) is 25.5. The highest BCUT2D eigenvalue weighted by molar-refractivity contribution is 7.89. The molecule has 1 aliphatic rings. The smallest absolute Gasteiger partial charge is 0.300 e. The summed E-state index contributed by atoms with van der Waals surface area (Å²) in [6.45, 7) is 0. The minimum atomic E-state index is -3.99. The van der Waals surface area contributed by atoms with Gasteiger partial charge in [0, 0.05) is 28.4 Å². The number of nitro groups is 1. The van der Waals surface area contributed by atoms with Crippen LogP contribution in [0.5, 0.6) is 0 Å². The minimum absolute atomic E-state index is 0.0946. The van der Waals surface area contributed by atoms with E-state index < -0.39 is 38.4 Å². The predicted octanol–water partition coefficient (Wildman–Crippen LogP) is 3.52. The first kappa shape index (κ1) is 24.1.